The first-order valence-electron chi connectivity index (χ1n) is 30.2. The highest BCUT2D eigenvalue weighted by molar-refractivity contribution is 6.09. The molecule has 8 aromatic rings. The van der Waals surface area contributed by atoms with E-state index in [0.717, 1.165) is 45.6 Å². The monoisotopic (exact) mass is 1380 g/mol. The van der Waals surface area contributed by atoms with Gasteiger partial charge in [0.05, 0.1) is 23.9 Å². The zero-order chi connectivity index (χ0) is 62.1. The SMILES string of the molecule is CC1(C)C(=CC=CC2=[N+](CCC(=O)O)c3ccc4ccccc4c3C2(C)C)N(CCOC=O)c2ccc3ccccc3c21.CC1(C)C(=CC=CC=CC2=[N+](CCC(=O)O)c3ccc4ccccc4c3C2(C)C)N(CCOC=O)c2ccc3ccccc3c21.[Br-].[I-]. The summed E-state index contributed by atoms with van der Waals surface area (Å²) in [6, 6.07) is 50.8. The van der Waals surface area contributed by atoms with E-state index in [1.54, 1.807) is 0 Å². The molecule has 0 radical (unpaired) electrons. The van der Waals surface area contributed by atoms with Crippen LogP contribution in [0.5, 0.6) is 0 Å². The van der Waals surface area contributed by atoms with Gasteiger partial charge in [-0.05, 0) is 118 Å². The molecule has 12 nitrogen and oxygen atoms in total. The number of aliphatic carboxylic acids is 2. The summed E-state index contributed by atoms with van der Waals surface area (Å²) in [5.41, 5.74) is 12.5. The van der Waals surface area contributed by atoms with Crippen LogP contribution in [-0.2, 0) is 50.3 Å². The summed E-state index contributed by atoms with van der Waals surface area (Å²) in [5.74, 6) is -1.63. The molecule has 0 bridgehead atoms. The number of benzene rings is 8. The van der Waals surface area contributed by atoms with Crippen molar-refractivity contribution in [2.45, 2.75) is 89.9 Å². The first-order valence-corrected chi connectivity index (χ1v) is 30.2. The molecule has 4 aliphatic heterocycles. The molecule has 462 valence electrons. The molecule has 0 unspecified atom stereocenters. The molecule has 4 aliphatic rings. The van der Waals surface area contributed by atoms with Crippen LogP contribution in [0.1, 0.15) is 90.5 Å². The van der Waals surface area contributed by atoms with Crippen molar-refractivity contribution in [3.63, 3.8) is 0 Å². The number of hydrogen-bond donors (Lipinski definition) is 2. The summed E-state index contributed by atoms with van der Waals surface area (Å²) >= 11 is 0. The number of carbonyl (C=O) groups is 4. The van der Waals surface area contributed by atoms with Gasteiger partial charge in [-0.3, -0.25) is 19.2 Å². The zero-order valence-electron chi connectivity index (χ0n) is 52.2. The maximum absolute atomic E-state index is 11.7. The number of rotatable bonds is 19. The summed E-state index contributed by atoms with van der Waals surface area (Å²) in [4.78, 5) is 49.7. The average molecular weight is 1380 g/mol. The van der Waals surface area contributed by atoms with Crippen LogP contribution in [-0.4, -0.2) is 95.1 Å². The third-order valence-corrected chi connectivity index (χ3v) is 18.4. The Kier molecular flexibility index (Phi) is 19.7. The van der Waals surface area contributed by atoms with E-state index < -0.39 is 11.9 Å². The third-order valence-electron chi connectivity index (χ3n) is 18.4. The van der Waals surface area contributed by atoms with E-state index in [1.807, 2.05) is 24.3 Å². The lowest BCUT2D eigenvalue weighted by molar-refractivity contribution is -0.436. The van der Waals surface area contributed by atoms with Crippen LogP contribution in [0.2, 0.25) is 0 Å². The fourth-order valence-corrected chi connectivity index (χ4v) is 14.5. The maximum atomic E-state index is 11.7. The summed E-state index contributed by atoms with van der Waals surface area (Å²) in [7, 11) is 0. The Morgan fingerprint density at radius 2 is 0.789 bits per heavy atom. The maximum Gasteiger partial charge on any atom is 0.309 e. The number of fused-ring (bicyclic) bond motifs is 12. The first kappa shape index (κ1) is 66.0. The molecule has 0 aliphatic carbocycles. The van der Waals surface area contributed by atoms with E-state index in [2.05, 4.69) is 244 Å². The Hall–Kier alpha value is -8.47. The summed E-state index contributed by atoms with van der Waals surface area (Å²) in [5, 5.41) is 28.6. The molecule has 90 heavy (non-hydrogen) atoms. The molecule has 8 aromatic carbocycles. The number of allylic oxidation sites excluding steroid dienone is 10. The molecule has 0 aromatic heterocycles. The Balaban J connectivity index is 0.000000209. The third kappa shape index (κ3) is 12.1. The highest BCUT2D eigenvalue weighted by atomic mass is 127. The number of carboxylic acid groups (broad SMARTS) is 2. The molecule has 0 saturated carbocycles. The minimum absolute atomic E-state index is 0. The van der Waals surface area contributed by atoms with E-state index in [9.17, 15) is 29.4 Å². The minimum atomic E-state index is -0.816. The molecule has 2 N–H and O–H groups in total. The predicted octanol–water partition coefficient (Wildman–Crippen LogP) is 9.07. The number of halogens is 2. The van der Waals surface area contributed by atoms with Gasteiger partial charge >= 0.3 is 11.9 Å². The standard InChI is InChI=1S/C39H38N2O4.C37H36N2O4.BrH.HI/c1-38(2)33(40(23-22-35(43)44)31-20-18-27-12-8-10-14-29(27)36(31)38)16-6-5-7-17-34-39(3,4)37-30-15-11-9-13-28(30)19-21-32(37)41(34)24-25-45-26-42;1-36(2)31(38(21-20-33(41)42)29-18-16-25-10-5-7-12-27(25)34(29)36)14-9-15-32-37(3,4)35-28-13-8-6-11-26(28)17-19-30(35)39(32)22-23-43-24-40;;/h5-21,26H,22-25H2,1-4H3;5-19,24H,20-23H2,1-4H3;2*1H. The molecule has 0 spiro atoms. The fourth-order valence-electron chi connectivity index (χ4n) is 14.5. The van der Waals surface area contributed by atoms with Crippen LogP contribution in [0.4, 0.5) is 22.7 Å². The van der Waals surface area contributed by atoms with Crippen LogP contribution in [0.3, 0.4) is 0 Å². The second-order valence-corrected chi connectivity index (χ2v) is 25.0. The van der Waals surface area contributed by atoms with Gasteiger partial charge in [0.25, 0.3) is 12.9 Å². The smallest absolute Gasteiger partial charge is 0.309 e. The number of ether oxygens (including phenoxy) is 2. The molecule has 14 heteroatoms. The highest BCUT2D eigenvalue weighted by Gasteiger charge is 2.48. The van der Waals surface area contributed by atoms with Crippen molar-refractivity contribution in [3.05, 3.63) is 228 Å². The summed E-state index contributed by atoms with van der Waals surface area (Å²) < 4.78 is 14.6. The van der Waals surface area contributed by atoms with E-state index in [0.29, 0.717) is 45.7 Å². The van der Waals surface area contributed by atoms with E-state index in [4.69, 9.17) is 9.47 Å². The molecule has 0 fully saturated rings. The van der Waals surface area contributed by atoms with E-state index in [-0.39, 0.29) is 82.1 Å². The number of carbonyl (C=O) groups excluding carboxylic acids is 2. The quantitative estimate of drug-likeness (QED) is 0.0265. The van der Waals surface area contributed by atoms with Gasteiger partial charge in [0, 0.05) is 69.0 Å². The largest absolute Gasteiger partial charge is 1.00 e. The molecule has 12 rings (SSSR count). The van der Waals surface area contributed by atoms with Gasteiger partial charge in [-0.1, -0.05) is 161 Å². The van der Waals surface area contributed by atoms with Crippen molar-refractivity contribution >= 4 is 102 Å². The number of carboxylic acids is 2. The number of nitrogens with zero attached hydrogens (tertiary/aromatic N) is 4. The Labute approximate surface area is 554 Å². The lowest BCUT2D eigenvalue weighted by atomic mass is 9.79. The minimum Gasteiger partial charge on any atom is -1.00 e. The molecular weight excluding hydrogens is 1300 g/mol. The van der Waals surface area contributed by atoms with Gasteiger partial charge in [0.15, 0.2) is 24.5 Å². The first-order chi connectivity index (χ1) is 42.3. The van der Waals surface area contributed by atoms with E-state index in [1.165, 1.54) is 65.3 Å². The second-order valence-electron chi connectivity index (χ2n) is 25.0. The number of anilines is 2. The molecule has 4 heterocycles. The summed E-state index contributed by atoms with van der Waals surface area (Å²) in [6.45, 7) is 21.3. The van der Waals surface area contributed by atoms with Crippen molar-refractivity contribution in [2.24, 2.45) is 0 Å². The van der Waals surface area contributed by atoms with Crippen molar-refractivity contribution in [2.75, 3.05) is 49.2 Å². The Morgan fingerprint density at radius 3 is 1.17 bits per heavy atom. The van der Waals surface area contributed by atoms with Gasteiger partial charge in [-0.2, -0.15) is 9.15 Å². The normalized spacial score (nSPS) is 17.2. The summed E-state index contributed by atoms with van der Waals surface area (Å²) in [6.07, 6.45) is 16.9. The van der Waals surface area contributed by atoms with Crippen molar-refractivity contribution in [1.29, 1.82) is 0 Å². The molecular formula is C76H76BrIN4O8. The number of hydrogen-bond acceptors (Lipinski definition) is 8. The van der Waals surface area contributed by atoms with Gasteiger partial charge in [0.2, 0.25) is 11.4 Å². The predicted molar refractivity (Wildman–Crippen MR) is 354 cm³/mol. The lowest BCUT2D eigenvalue weighted by Crippen LogP contribution is -3.00. The molecule has 0 amide bonds. The Bertz CT molecular complexity index is 4380. The van der Waals surface area contributed by atoms with Gasteiger partial charge in [-0.25, -0.2) is 0 Å². The van der Waals surface area contributed by atoms with E-state index >= 15 is 0 Å². The van der Waals surface area contributed by atoms with Gasteiger partial charge in [-0.15, -0.1) is 0 Å². The fraction of sp³-hybridized carbons (Fsp3) is 0.263. The van der Waals surface area contributed by atoms with Crippen LogP contribution in [0, 0.1) is 0 Å². The zero-order valence-corrected chi connectivity index (χ0v) is 55.9. The Morgan fingerprint density at radius 1 is 0.444 bits per heavy atom. The molecule has 0 atom stereocenters. The highest BCUT2D eigenvalue weighted by Crippen LogP contribution is 2.53. The van der Waals surface area contributed by atoms with Gasteiger partial charge in [0.1, 0.15) is 26.1 Å². The molecule has 0 saturated heterocycles. The van der Waals surface area contributed by atoms with Crippen LogP contribution >= 0.6 is 0 Å². The van der Waals surface area contributed by atoms with Crippen molar-refractivity contribution in [3.8, 4) is 0 Å². The van der Waals surface area contributed by atoms with Crippen molar-refractivity contribution < 1.29 is 89.0 Å². The van der Waals surface area contributed by atoms with Gasteiger partial charge < -0.3 is 70.4 Å². The van der Waals surface area contributed by atoms with Crippen LogP contribution in [0.15, 0.2) is 206 Å². The van der Waals surface area contributed by atoms with Crippen LogP contribution < -0.4 is 50.8 Å². The van der Waals surface area contributed by atoms with Crippen LogP contribution in [0.25, 0.3) is 43.1 Å². The average Bonchev–Trinajstić information content (AvgIpc) is 1.60. The topological polar surface area (TPSA) is 140 Å². The lowest BCUT2D eigenvalue weighted by Gasteiger charge is -2.26. The second kappa shape index (κ2) is 26.9. The van der Waals surface area contributed by atoms with Crippen molar-refractivity contribution in [1.82, 2.24) is 0 Å².